The van der Waals surface area contributed by atoms with E-state index in [2.05, 4.69) is 6.92 Å². The van der Waals surface area contributed by atoms with Crippen molar-refractivity contribution in [2.45, 2.75) is 71.3 Å². The van der Waals surface area contributed by atoms with E-state index in [9.17, 15) is 14.7 Å². The van der Waals surface area contributed by atoms with Crippen molar-refractivity contribution < 1.29 is 19.4 Å². The van der Waals surface area contributed by atoms with Crippen LogP contribution in [0.3, 0.4) is 0 Å². The minimum atomic E-state index is -0.265. The van der Waals surface area contributed by atoms with Gasteiger partial charge in [0, 0.05) is 31.1 Å². The molecule has 0 aromatic rings. The number of ketones is 1. The highest BCUT2D eigenvalue weighted by Crippen LogP contribution is 2.65. The van der Waals surface area contributed by atoms with E-state index in [1.165, 1.54) is 32.6 Å². The zero-order chi connectivity index (χ0) is 17.8. The van der Waals surface area contributed by atoms with E-state index in [0.29, 0.717) is 36.0 Å². The normalized spacial score (nSPS) is 45.9. The molecule has 6 atom stereocenters. The Kier molecular flexibility index (Phi) is 4.10. The maximum Gasteiger partial charge on any atom is 0.302 e. The molecule has 138 valence electrons. The highest BCUT2D eigenvalue weighted by atomic mass is 16.5. The molecule has 0 aromatic carbocycles. The van der Waals surface area contributed by atoms with Crippen LogP contribution < -0.4 is 0 Å². The van der Waals surface area contributed by atoms with E-state index in [1.54, 1.807) is 6.08 Å². The van der Waals surface area contributed by atoms with Crippen LogP contribution in [-0.4, -0.2) is 29.6 Å². The summed E-state index contributed by atoms with van der Waals surface area (Å²) in [6.07, 6.45) is 9.52. The number of carbonyl (C=O) groups is 2. The first-order chi connectivity index (χ1) is 11.9. The second-order valence-corrected chi connectivity index (χ2v) is 9.18. The molecule has 4 rings (SSSR count). The van der Waals surface area contributed by atoms with Gasteiger partial charge in [-0.25, -0.2) is 0 Å². The van der Waals surface area contributed by atoms with Gasteiger partial charge in [-0.3, -0.25) is 9.59 Å². The Balaban J connectivity index is 1.78. The third-order valence-corrected chi connectivity index (χ3v) is 8.07. The Bertz CT molecular complexity index is 623. The van der Waals surface area contributed by atoms with Gasteiger partial charge in [0.05, 0.1) is 6.61 Å². The van der Waals surface area contributed by atoms with Crippen molar-refractivity contribution in [3.63, 3.8) is 0 Å². The van der Waals surface area contributed by atoms with Crippen molar-refractivity contribution in [1.82, 2.24) is 0 Å². The van der Waals surface area contributed by atoms with E-state index < -0.39 is 0 Å². The Morgan fingerprint density at radius 3 is 2.80 bits per heavy atom. The second-order valence-electron chi connectivity index (χ2n) is 9.18. The topological polar surface area (TPSA) is 63.6 Å². The summed E-state index contributed by atoms with van der Waals surface area (Å²) in [5, 5.41) is 10.4. The second kappa shape index (κ2) is 5.94. The van der Waals surface area contributed by atoms with Crippen LogP contribution in [0, 0.1) is 28.6 Å². The van der Waals surface area contributed by atoms with Crippen LogP contribution in [0.1, 0.15) is 65.2 Å². The number of esters is 1. The fraction of sp³-hybridized carbons (Fsp3) is 0.810. The van der Waals surface area contributed by atoms with Crippen LogP contribution in [0.4, 0.5) is 0 Å². The Morgan fingerprint density at radius 2 is 2.08 bits per heavy atom. The number of hydrogen-bond acceptors (Lipinski definition) is 4. The summed E-state index contributed by atoms with van der Waals surface area (Å²) in [5.74, 6) is 1.14. The maximum absolute atomic E-state index is 12.0. The summed E-state index contributed by atoms with van der Waals surface area (Å²) >= 11 is 0. The molecule has 4 nitrogen and oxygen atoms in total. The lowest BCUT2D eigenvalue weighted by Crippen LogP contribution is -2.57. The van der Waals surface area contributed by atoms with Gasteiger partial charge in [0.15, 0.2) is 5.78 Å². The van der Waals surface area contributed by atoms with E-state index in [1.807, 2.05) is 0 Å². The molecule has 0 saturated heterocycles. The van der Waals surface area contributed by atoms with Gasteiger partial charge in [0.1, 0.15) is 6.10 Å². The van der Waals surface area contributed by atoms with Gasteiger partial charge in [-0.05, 0) is 55.4 Å². The molecule has 4 aliphatic carbocycles. The average Bonchev–Trinajstić information content (AvgIpc) is 2.95. The lowest BCUT2D eigenvalue weighted by molar-refractivity contribution is -0.167. The summed E-state index contributed by atoms with van der Waals surface area (Å²) < 4.78 is 5.81. The number of hydrogen-bond donors (Lipinski definition) is 1. The molecule has 1 N–H and O–H groups in total. The van der Waals surface area contributed by atoms with Crippen LogP contribution in [0.2, 0.25) is 0 Å². The van der Waals surface area contributed by atoms with Gasteiger partial charge in [-0.2, -0.15) is 0 Å². The van der Waals surface area contributed by atoms with Crippen molar-refractivity contribution in [1.29, 1.82) is 0 Å². The van der Waals surface area contributed by atoms with E-state index >= 15 is 0 Å². The molecule has 25 heavy (non-hydrogen) atoms. The van der Waals surface area contributed by atoms with E-state index in [4.69, 9.17) is 4.74 Å². The molecule has 0 aliphatic heterocycles. The quantitative estimate of drug-likeness (QED) is 0.778. The summed E-state index contributed by atoms with van der Waals surface area (Å²) in [4.78, 5) is 23.8. The van der Waals surface area contributed by atoms with Gasteiger partial charge in [-0.15, -0.1) is 0 Å². The monoisotopic (exact) mass is 346 g/mol. The average molecular weight is 346 g/mol. The smallest absolute Gasteiger partial charge is 0.302 e. The molecule has 4 heteroatoms. The molecule has 0 amide bonds. The number of aliphatic hydroxyl groups is 1. The zero-order valence-electron chi connectivity index (χ0n) is 15.4. The summed E-state index contributed by atoms with van der Waals surface area (Å²) in [6.45, 7) is 4.01. The van der Waals surface area contributed by atoms with Crippen molar-refractivity contribution in [3.8, 4) is 0 Å². The standard InChI is InChI=1S/C21H30O4/c1-13(23)25-18-11-14-10-15(24)5-9-21(14,12-22)17-6-8-20(2)7-3-4-16(20)19(17)18/h10,16-19,22H,3-9,11-12H2,1-2H3/t16-,17-,18-,19-,20-,21+/m0/s1. The molecular weight excluding hydrogens is 316 g/mol. The van der Waals surface area contributed by atoms with Crippen molar-refractivity contribution >= 4 is 11.8 Å². The van der Waals surface area contributed by atoms with Crippen molar-refractivity contribution in [2.24, 2.45) is 28.6 Å². The van der Waals surface area contributed by atoms with Crippen LogP contribution in [-0.2, 0) is 14.3 Å². The summed E-state index contributed by atoms with van der Waals surface area (Å²) in [7, 11) is 0. The predicted molar refractivity (Wildman–Crippen MR) is 93.7 cm³/mol. The fourth-order valence-electron chi connectivity index (χ4n) is 6.93. The van der Waals surface area contributed by atoms with Gasteiger partial charge in [0.25, 0.3) is 0 Å². The molecule has 0 radical (unpaired) electrons. The number of fused-ring (bicyclic) bond motifs is 5. The maximum atomic E-state index is 12.0. The number of aliphatic hydroxyl groups excluding tert-OH is 1. The summed E-state index contributed by atoms with van der Waals surface area (Å²) in [6, 6.07) is 0. The zero-order valence-corrected chi connectivity index (χ0v) is 15.4. The SMILES string of the molecule is CC(=O)O[C@H]1CC2=CC(=O)CC[C@]2(CO)[C@H]2CC[C@]3(C)CCC[C@H]3[C@H]12. The molecule has 4 aliphatic rings. The predicted octanol–water partition coefficient (Wildman–Crippen LogP) is 3.42. The third kappa shape index (κ3) is 2.51. The molecule has 3 fully saturated rings. The van der Waals surface area contributed by atoms with Gasteiger partial charge in [-0.1, -0.05) is 18.9 Å². The van der Waals surface area contributed by atoms with Gasteiger partial charge >= 0.3 is 5.97 Å². The van der Waals surface area contributed by atoms with Crippen LogP contribution in [0.25, 0.3) is 0 Å². The fourth-order valence-corrected chi connectivity index (χ4v) is 6.93. The molecule has 0 heterocycles. The number of rotatable bonds is 2. The minimum absolute atomic E-state index is 0.115. The highest BCUT2D eigenvalue weighted by molar-refractivity contribution is 5.91. The first-order valence-corrected chi connectivity index (χ1v) is 9.92. The number of carbonyl (C=O) groups excluding carboxylic acids is 2. The molecule has 0 aromatic heterocycles. The largest absolute Gasteiger partial charge is 0.462 e. The van der Waals surface area contributed by atoms with Gasteiger partial charge < -0.3 is 9.84 Å². The molecule has 0 unspecified atom stereocenters. The Labute approximate surface area is 150 Å². The van der Waals surface area contributed by atoms with Crippen LogP contribution in [0.15, 0.2) is 11.6 Å². The first kappa shape index (κ1) is 17.3. The minimum Gasteiger partial charge on any atom is -0.462 e. The molecule has 0 bridgehead atoms. The lowest BCUT2D eigenvalue weighted by Gasteiger charge is -2.59. The van der Waals surface area contributed by atoms with Crippen molar-refractivity contribution in [3.05, 3.63) is 11.6 Å². The molecule has 0 spiro atoms. The van der Waals surface area contributed by atoms with E-state index in [-0.39, 0.29) is 29.9 Å². The molecular formula is C21H30O4. The highest BCUT2D eigenvalue weighted by Gasteiger charge is 2.61. The van der Waals surface area contributed by atoms with Crippen LogP contribution in [0.5, 0.6) is 0 Å². The van der Waals surface area contributed by atoms with Crippen molar-refractivity contribution in [2.75, 3.05) is 6.61 Å². The first-order valence-electron chi connectivity index (χ1n) is 9.92. The Morgan fingerprint density at radius 1 is 1.28 bits per heavy atom. The third-order valence-electron chi connectivity index (χ3n) is 8.07. The van der Waals surface area contributed by atoms with Crippen LogP contribution >= 0.6 is 0 Å². The molecule has 3 saturated carbocycles. The lowest BCUT2D eigenvalue weighted by atomic mass is 9.46. The Hall–Kier alpha value is -1.16. The van der Waals surface area contributed by atoms with Gasteiger partial charge in [0.2, 0.25) is 0 Å². The van der Waals surface area contributed by atoms with E-state index in [0.717, 1.165) is 18.4 Å². The summed E-state index contributed by atoms with van der Waals surface area (Å²) in [5.41, 5.74) is 1.13. The number of ether oxygens (including phenoxy) is 1.